The number of fused-ring (bicyclic) bond motifs is 2. The van der Waals surface area contributed by atoms with E-state index < -0.39 is 0 Å². The first-order valence-corrected chi connectivity index (χ1v) is 6.59. The number of pyridine rings is 1. The molecule has 3 rings (SSSR count). The zero-order chi connectivity index (χ0) is 12.5. The van der Waals surface area contributed by atoms with E-state index >= 15 is 0 Å². The van der Waals surface area contributed by atoms with E-state index in [1.807, 2.05) is 12.1 Å². The Labute approximate surface area is 107 Å². The second kappa shape index (κ2) is 4.59. The number of nitrogens with zero attached hydrogens (tertiary/aromatic N) is 2. The van der Waals surface area contributed by atoms with Crippen LogP contribution in [0.1, 0.15) is 32.6 Å². The minimum Gasteiger partial charge on any atom is -0.489 e. The molecule has 0 saturated carbocycles. The van der Waals surface area contributed by atoms with Crippen LogP contribution in [0.15, 0.2) is 24.5 Å². The van der Waals surface area contributed by atoms with Gasteiger partial charge in [0.25, 0.3) is 0 Å². The van der Waals surface area contributed by atoms with Crippen LogP contribution in [-0.2, 0) is 4.79 Å². The fraction of sp³-hybridized carbons (Fsp3) is 0.571. The standard InChI is InChI=1S/C14H18N2O2/c1-10(17)16-11-4-5-12(16)8-14(7-11)18-13-3-2-6-15-9-13/h2-3,6,9,11-12,14H,4-5,7-8H2,1H3. The number of piperidine rings is 1. The average Bonchev–Trinajstić information content (AvgIpc) is 2.63. The Balaban J connectivity index is 1.67. The summed E-state index contributed by atoms with van der Waals surface area (Å²) < 4.78 is 5.96. The first kappa shape index (κ1) is 11.5. The van der Waals surface area contributed by atoms with Gasteiger partial charge in [0.05, 0.1) is 6.20 Å². The molecule has 1 amide bonds. The molecule has 2 unspecified atom stereocenters. The van der Waals surface area contributed by atoms with Crippen molar-refractivity contribution >= 4 is 5.91 Å². The fourth-order valence-electron chi connectivity index (χ4n) is 3.35. The number of carbonyl (C=O) groups excluding carboxylic acids is 1. The average molecular weight is 246 g/mol. The molecular formula is C14H18N2O2. The lowest BCUT2D eigenvalue weighted by atomic mass is 9.99. The van der Waals surface area contributed by atoms with Crippen molar-refractivity contribution in [3.05, 3.63) is 24.5 Å². The van der Waals surface area contributed by atoms with Crippen LogP contribution in [0.4, 0.5) is 0 Å². The zero-order valence-corrected chi connectivity index (χ0v) is 10.6. The molecule has 96 valence electrons. The first-order chi connectivity index (χ1) is 8.74. The van der Waals surface area contributed by atoms with Crippen molar-refractivity contribution in [2.24, 2.45) is 0 Å². The van der Waals surface area contributed by atoms with Crippen LogP contribution < -0.4 is 4.74 Å². The Bertz CT molecular complexity index is 421. The number of rotatable bonds is 2. The highest BCUT2D eigenvalue weighted by atomic mass is 16.5. The third-order valence-corrected chi connectivity index (χ3v) is 3.99. The summed E-state index contributed by atoms with van der Waals surface area (Å²) in [7, 11) is 0. The summed E-state index contributed by atoms with van der Waals surface area (Å²) in [5.74, 6) is 1.04. The van der Waals surface area contributed by atoms with Crippen molar-refractivity contribution in [2.75, 3.05) is 0 Å². The van der Waals surface area contributed by atoms with Crippen LogP contribution in [-0.4, -0.2) is 34.0 Å². The molecule has 3 heterocycles. The van der Waals surface area contributed by atoms with Crippen molar-refractivity contribution in [1.29, 1.82) is 0 Å². The van der Waals surface area contributed by atoms with Crippen LogP contribution in [0, 0.1) is 0 Å². The van der Waals surface area contributed by atoms with Crippen molar-refractivity contribution in [2.45, 2.75) is 50.8 Å². The van der Waals surface area contributed by atoms with Crippen molar-refractivity contribution in [1.82, 2.24) is 9.88 Å². The van der Waals surface area contributed by atoms with Crippen molar-refractivity contribution in [3.63, 3.8) is 0 Å². The molecule has 2 saturated heterocycles. The van der Waals surface area contributed by atoms with Gasteiger partial charge in [-0.1, -0.05) is 0 Å². The minimum atomic E-state index is 0.210. The van der Waals surface area contributed by atoms with Gasteiger partial charge in [-0.15, -0.1) is 0 Å². The van der Waals surface area contributed by atoms with E-state index in [4.69, 9.17) is 4.74 Å². The second-order valence-electron chi connectivity index (χ2n) is 5.21. The van der Waals surface area contributed by atoms with Gasteiger partial charge in [-0.2, -0.15) is 0 Å². The molecule has 0 aliphatic carbocycles. The first-order valence-electron chi connectivity index (χ1n) is 6.59. The topological polar surface area (TPSA) is 42.4 Å². The molecular weight excluding hydrogens is 228 g/mol. The third-order valence-electron chi connectivity index (χ3n) is 3.99. The van der Waals surface area contributed by atoms with Gasteiger partial charge < -0.3 is 9.64 Å². The van der Waals surface area contributed by atoms with Gasteiger partial charge >= 0.3 is 0 Å². The van der Waals surface area contributed by atoms with Crippen LogP contribution in [0.25, 0.3) is 0 Å². The minimum absolute atomic E-state index is 0.210. The van der Waals surface area contributed by atoms with Gasteiger partial charge in [0.1, 0.15) is 11.9 Å². The monoisotopic (exact) mass is 246 g/mol. The molecule has 1 aromatic rings. The van der Waals surface area contributed by atoms with E-state index in [0.29, 0.717) is 12.1 Å². The van der Waals surface area contributed by atoms with E-state index in [9.17, 15) is 4.79 Å². The highest BCUT2D eigenvalue weighted by Crippen LogP contribution is 2.37. The van der Waals surface area contributed by atoms with Crippen molar-refractivity contribution < 1.29 is 9.53 Å². The summed E-state index contributed by atoms with van der Waals surface area (Å²) in [5.41, 5.74) is 0. The number of aromatic nitrogens is 1. The van der Waals surface area contributed by atoms with Gasteiger partial charge in [0.2, 0.25) is 5.91 Å². The Hall–Kier alpha value is -1.58. The van der Waals surface area contributed by atoms with Crippen LogP contribution in [0.3, 0.4) is 0 Å². The summed E-state index contributed by atoms with van der Waals surface area (Å²) in [6.07, 6.45) is 7.86. The predicted molar refractivity (Wildman–Crippen MR) is 67.2 cm³/mol. The summed E-state index contributed by atoms with van der Waals surface area (Å²) in [4.78, 5) is 17.7. The lowest BCUT2D eigenvalue weighted by Crippen LogP contribution is -2.48. The highest BCUT2D eigenvalue weighted by Gasteiger charge is 2.42. The summed E-state index contributed by atoms with van der Waals surface area (Å²) in [6.45, 7) is 1.67. The Kier molecular flexibility index (Phi) is 2.94. The molecule has 2 fully saturated rings. The highest BCUT2D eigenvalue weighted by molar-refractivity contribution is 5.74. The van der Waals surface area contributed by atoms with E-state index in [1.54, 1.807) is 19.3 Å². The zero-order valence-electron chi connectivity index (χ0n) is 10.6. The third kappa shape index (κ3) is 2.07. The molecule has 4 nitrogen and oxygen atoms in total. The maximum atomic E-state index is 11.6. The van der Waals surface area contributed by atoms with Crippen LogP contribution in [0.2, 0.25) is 0 Å². The van der Waals surface area contributed by atoms with E-state index in [-0.39, 0.29) is 12.0 Å². The molecule has 2 atom stereocenters. The van der Waals surface area contributed by atoms with Crippen LogP contribution in [0.5, 0.6) is 5.75 Å². The molecule has 2 bridgehead atoms. The quantitative estimate of drug-likeness (QED) is 0.801. The molecule has 2 aliphatic heterocycles. The number of carbonyl (C=O) groups is 1. The molecule has 1 aromatic heterocycles. The lowest BCUT2D eigenvalue weighted by Gasteiger charge is -2.38. The van der Waals surface area contributed by atoms with Crippen molar-refractivity contribution in [3.8, 4) is 5.75 Å². The molecule has 0 N–H and O–H groups in total. The Morgan fingerprint density at radius 2 is 2.11 bits per heavy atom. The summed E-state index contributed by atoms with van der Waals surface area (Å²) in [6, 6.07) is 4.58. The van der Waals surface area contributed by atoms with Gasteiger partial charge in [0.15, 0.2) is 0 Å². The summed E-state index contributed by atoms with van der Waals surface area (Å²) in [5, 5.41) is 0. The van der Waals surface area contributed by atoms with E-state index in [2.05, 4.69) is 9.88 Å². The molecule has 0 radical (unpaired) electrons. The van der Waals surface area contributed by atoms with Gasteiger partial charge in [-0.05, 0) is 25.0 Å². The SMILES string of the molecule is CC(=O)N1C2CCC1CC(Oc1cccnc1)C2. The maximum Gasteiger partial charge on any atom is 0.219 e. The molecule has 0 spiro atoms. The fourth-order valence-corrected chi connectivity index (χ4v) is 3.35. The summed E-state index contributed by atoms with van der Waals surface area (Å²) >= 11 is 0. The van der Waals surface area contributed by atoms with Gasteiger partial charge in [-0.3, -0.25) is 9.78 Å². The number of hydrogen-bond donors (Lipinski definition) is 0. The second-order valence-corrected chi connectivity index (χ2v) is 5.21. The van der Waals surface area contributed by atoms with Crippen LogP contribution >= 0.6 is 0 Å². The molecule has 0 aromatic carbocycles. The molecule has 18 heavy (non-hydrogen) atoms. The number of amides is 1. The lowest BCUT2D eigenvalue weighted by molar-refractivity contribution is -0.134. The Morgan fingerprint density at radius 3 is 2.67 bits per heavy atom. The molecule has 4 heteroatoms. The smallest absolute Gasteiger partial charge is 0.219 e. The maximum absolute atomic E-state index is 11.6. The van der Waals surface area contributed by atoms with E-state index in [0.717, 1.165) is 31.4 Å². The Morgan fingerprint density at radius 1 is 1.39 bits per heavy atom. The normalized spacial score (nSPS) is 30.3. The van der Waals surface area contributed by atoms with E-state index in [1.165, 1.54) is 0 Å². The predicted octanol–water partition coefficient (Wildman–Crippen LogP) is 2.00. The number of hydrogen-bond acceptors (Lipinski definition) is 3. The largest absolute Gasteiger partial charge is 0.489 e. The van der Waals surface area contributed by atoms with Gasteiger partial charge in [0, 0.05) is 38.0 Å². The number of ether oxygens (including phenoxy) is 1. The van der Waals surface area contributed by atoms with Gasteiger partial charge in [-0.25, -0.2) is 0 Å². The molecule has 2 aliphatic rings.